The number of hydrogen-bond donors (Lipinski definition) is 1. The van der Waals surface area contributed by atoms with Crippen LogP contribution in [0.2, 0.25) is 0 Å². The van der Waals surface area contributed by atoms with Crippen LogP contribution in [0.15, 0.2) is 82.8 Å². The number of pyridine rings is 1. The first-order chi connectivity index (χ1) is 14.8. The van der Waals surface area contributed by atoms with Gasteiger partial charge in [0.2, 0.25) is 9.84 Å². The van der Waals surface area contributed by atoms with Gasteiger partial charge < -0.3 is 5.32 Å². The van der Waals surface area contributed by atoms with Crippen molar-refractivity contribution in [2.75, 3.05) is 0 Å². The number of hydrogen-bond acceptors (Lipinski definition) is 5. The average molecular weight is 451 g/mol. The molecule has 0 fully saturated rings. The lowest BCUT2D eigenvalue weighted by molar-refractivity contribution is 0.0955. The highest BCUT2D eigenvalue weighted by atomic mass is 32.2. The molecule has 158 valence electrons. The Morgan fingerprint density at radius 1 is 1.03 bits per heavy atom. The molecule has 1 amide bonds. The number of benzene rings is 2. The molecule has 0 aliphatic carbocycles. The molecule has 2 heterocycles. The monoisotopic (exact) mass is 450 g/mol. The number of sulfone groups is 1. The molecule has 7 heteroatoms. The van der Waals surface area contributed by atoms with E-state index in [0.717, 1.165) is 21.2 Å². The molecule has 0 atom stereocenters. The number of fused-ring (bicyclic) bond motifs is 1. The Hall–Kier alpha value is -3.03. The summed E-state index contributed by atoms with van der Waals surface area (Å²) in [6, 6.07) is 17.4. The zero-order valence-corrected chi connectivity index (χ0v) is 18.8. The second-order valence-electron chi connectivity index (χ2n) is 7.58. The third-order valence-corrected chi connectivity index (χ3v) is 7.92. The highest BCUT2D eigenvalue weighted by Gasteiger charge is 2.18. The van der Waals surface area contributed by atoms with Gasteiger partial charge in [0.05, 0.1) is 19.4 Å². The van der Waals surface area contributed by atoms with Gasteiger partial charge in [0.25, 0.3) is 5.91 Å². The minimum atomic E-state index is -3.59. The maximum atomic E-state index is 13.0. The van der Waals surface area contributed by atoms with Crippen LogP contribution < -0.4 is 5.32 Å². The summed E-state index contributed by atoms with van der Waals surface area (Å²) >= 11 is 1.39. The molecule has 4 aromatic rings. The van der Waals surface area contributed by atoms with Crippen molar-refractivity contribution in [1.82, 2.24) is 10.3 Å². The molecule has 0 unspecified atom stereocenters. The van der Waals surface area contributed by atoms with Gasteiger partial charge in [0.15, 0.2) is 0 Å². The topological polar surface area (TPSA) is 76.1 Å². The van der Waals surface area contributed by atoms with Gasteiger partial charge in [-0.05, 0) is 58.8 Å². The maximum Gasteiger partial charge on any atom is 0.261 e. The largest absolute Gasteiger partial charge is 0.347 e. The standard InChI is InChI=1S/C24H22N2O3S2/c1-16(2)18-4-3-5-21(12-18)31(28,29)20-8-6-17(7-9-20)14-26-24(27)22-13-19-10-11-25-15-23(19)30-22/h3-13,15-16H,14H2,1-2H3,(H,26,27). The molecule has 0 bridgehead atoms. The number of carbonyl (C=O) groups excluding carboxylic acids is 1. The SMILES string of the molecule is CC(C)c1cccc(S(=O)(=O)c2ccc(CNC(=O)c3cc4ccncc4s3)cc2)c1. The Morgan fingerprint density at radius 2 is 1.81 bits per heavy atom. The van der Waals surface area contributed by atoms with E-state index in [1.807, 2.05) is 32.0 Å². The fraction of sp³-hybridized carbons (Fsp3) is 0.167. The van der Waals surface area contributed by atoms with Crippen LogP contribution in [0.1, 0.15) is 40.6 Å². The van der Waals surface area contributed by atoms with E-state index in [4.69, 9.17) is 0 Å². The molecule has 0 spiro atoms. The van der Waals surface area contributed by atoms with Crippen molar-refractivity contribution in [1.29, 1.82) is 0 Å². The molecular weight excluding hydrogens is 428 g/mol. The van der Waals surface area contributed by atoms with Crippen molar-refractivity contribution < 1.29 is 13.2 Å². The zero-order valence-electron chi connectivity index (χ0n) is 17.2. The predicted molar refractivity (Wildman–Crippen MR) is 123 cm³/mol. The highest BCUT2D eigenvalue weighted by molar-refractivity contribution is 7.91. The van der Waals surface area contributed by atoms with Crippen LogP contribution in [0.4, 0.5) is 0 Å². The van der Waals surface area contributed by atoms with Crippen LogP contribution >= 0.6 is 11.3 Å². The van der Waals surface area contributed by atoms with E-state index in [1.54, 1.807) is 54.9 Å². The van der Waals surface area contributed by atoms with Crippen molar-refractivity contribution in [2.45, 2.75) is 36.1 Å². The van der Waals surface area contributed by atoms with Gasteiger partial charge >= 0.3 is 0 Å². The number of amides is 1. The molecular formula is C24H22N2O3S2. The molecule has 1 N–H and O–H groups in total. The zero-order chi connectivity index (χ0) is 22.0. The van der Waals surface area contributed by atoms with Gasteiger partial charge in [-0.25, -0.2) is 8.42 Å². The van der Waals surface area contributed by atoms with Gasteiger partial charge in [0, 0.05) is 18.9 Å². The van der Waals surface area contributed by atoms with E-state index < -0.39 is 9.84 Å². The lowest BCUT2D eigenvalue weighted by Gasteiger charge is -2.10. The fourth-order valence-corrected chi connectivity index (χ4v) is 5.49. The first-order valence-electron chi connectivity index (χ1n) is 9.90. The van der Waals surface area contributed by atoms with Crippen molar-refractivity contribution >= 4 is 37.2 Å². The van der Waals surface area contributed by atoms with Crippen LogP contribution in [0.25, 0.3) is 10.1 Å². The molecule has 2 aromatic heterocycles. The minimum Gasteiger partial charge on any atom is -0.347 e. The Bertz CT molecular complexity index is 1310. The van der Waals surface area contributed by atoms with E-state index in [9.17, 15) is 13.2 Å². The smallest absolute Gasteiger partial charge is 0.261 e. The number of nitrogens with zero attached hydrogens (tertiary/aromatic N) is 1. The van der Waals surface area contributed by atoms with Gasteiger partial charge in [-0.15, -0.1) is 11.3 Å². The molecule has 0 saturated carbocycles. The van der Waals surface area contributed by atoms with E-state index in [-0.39, 0.29) is 16.7 Å². The first-order valence-corrected chi connectivity index (χ1v) is 12.2. The second-order valence-corrected chi connectivity index (χ2v) is 10.6. The summed E-state index contributed by atoms with van der Waals surface area (Å²) in [6.07, 6.45) is 3.44. The molecule has 0 radical (unpaired) electrons. The molecule has 0 saturated heterocycles. The Balaban J connectivity index is 1.46. The molecule has 5 nitrogen and oxygen atoms in total. The molecule has 4 rings (SSSR count). The van der Waals surface area contributed by atoms with Crippen LogP contribution in [-0.2, 0) is 16.4 Å². The van der Waals surface area contributed by atoms with E-state index in [1.165, 1.54) is 11.3 Å². The number of rotatable bonds is 6. The maximum absolute atomic E-state index is 13.0. The first kappa shape index (κ1) is 21.2. The fourth-order valence-electron chi connectivity index (χ4n) is 3.23. The van der Waals surface area contributed by atoms with Crippen LogP contribution in [-0.4, -0.2) is 19.3 Å². The van der Waals surface area contributed by atoms with Gasteiger partial charge in [-0.3, -0.25) is 9.78 Å². The predicted octanol–water partition coefficient (Wildman–Crippen LogP) is 5.18. The summed E-state index contributed by atoms with van der Waals surface area (Å²) in [5.41, 5.74) is 1.81. The summed E-state index contributed by atoms with van der Waals surface area (Å²) in [4.78, 5) is 17.7. The van der Waals surface area contributed by atoms with Gasteiger partial charge in [-0.1, -0.05) is 38.1 Å². The van der Waals surface area contributed by atoms with E-state index >= 15 is 0 Å². The number of nitrogens with one attached hydrogen (secondary N) is 1. The Morgan fingerprint density at radius 3 is 2.52 bits per heavy atom. The number of carbonyl (C=O) groups is 1. The number of aromatic nitrogens is 1. The highest BCUT2D eigenvalue weighted by Crippen LogP contribution is 2.26. The number of thiophene rings is 1. The van der Waals surface area contributed by atoms with Crippen molar-refractivity contribution in [2.24, 2.45) is 0 Å². The van der Waals surface area contributed by atoms with Crippen molar-refractivity contribution in [3.63, 3.8) is 0 Å². The average Bonchev–Trinajstić information content (AvgIpc) is 3.22. The second kappa shape index (κ2) is 8.61. The molecule has 2 aromatic carbocycles. The van der Waals surface area contributed by atoms with E-state index in [0.29, 0.717) is 16.3 Å². The van der Waals surface area contributed by atoms with Gasteiger partial charge in [0.1, 0.15) is 0 Å². The summed E-state index contributed by atoms with van der Waals surface area (Å²) in [6.45, 7) is 4.38. The van der Waals surface area contributed by atoms with Crippen LogP contribution in [0.5, 0.6) is 0 Å². The molecule has 0 aliphatic rings. The summed E-state index contributed by atoms with van der Waals surface area (Å²) in [7, 11) is -3.59. The summed E-state index contributed by atoms with van der Waals surface area (Å²) in [5.74, 6) is 0.0849. The van der Waals surface area contributed by atoms with Gasteiger partial charge in [-0.2, -0.15) is 0 Å². The lowest BCUT2D eigenvalue weighted by atomic mass is 10.0. The van der Waals surface area contributed by atoms with Crippen molar-refractivity contribution in [3.05, 3.63) is 89.1 Å². The molecule has 31 heavy (non-hydrogen) atoms. The third kappa shape index (κ3) is 4.52. The Labute approximate surface area is 185 Å². The summed E-state index contributed by atoms with van der Waals surface area (Å²) < 4.78 is 26.9. The van der Waals surface area contributed by atoms with E-state index in [2.05, 4.69) is 10.3 Å². The summed E-state index contributed by atoms with van der Waals surface area (Å²) in [5, 5.41) is 3.87. The lowest BCUT2D eigenvalue weighted by Crippen LogP contribution is -2.21. The Kier molecular flexibility index (Phi) is 5.89. The van der Waals surface area contributed by atoms with Crippen molar-refractivity contribution in [3.8, 4) is 0 Å². The molecule has 0 aliphatic heterocycles. The third-order valence-electron chi connectivity index (χ3n) is 5.07. The normalized spacial score (nSPS) is 11.7. The minimum absolute atomic E-state index is 0.164. The van der Waals surface area contributed by atoms with Crippen LogP contribution in [0.3, 0.4) is 0 Å². The van der Waals surface area contributed by atoms with Crippen LogP contribution in [0, 0.1) is 0 Å². The quantitative estimate of drug-likeness (QED) is 0.439.